The Balaban J connectivity index is 2.50. The van der Waals surface area contributed by atoms with Crippen LogP contribution in [0.5, 0.6) is 0 Å². The molecule has 0 saturated carbocycles. The molecule has 1 fully saturated rings. The van der Waals surface area contributed by atoms with Crippen LogP contribution >= 0.6 is 18.2 Å². The van der Waals surface area contributed by atoms with Crippen LogP contribution in [0, 0.1) is 11.8 Å². The van der Waals surface area contributed by atoms with Crippen LogP contribution in [0.2, 0.25) is 0 Å². The summed E-state index contributed by atoms with van der Waals surface area (Å²) in [5, 5.41) is 0. The summed E-state index contributed by atoms with van der Waals surface area (Å²) in [4.78, 5) is 0. The van der Waals surface area contributed by atoms with E-state index >= 15 is 0 Å². The van der Waals surface area contributed by atoms with E-state index in [0.717, 1.165) is 24.4 Å². The highest BCUT2D eigenvalue weighted by Gasteiger charge is 2.34. The lowest BCUT2D eigenvalue weighted by molar-refractivity contribution is 0.0330. The Bertz CT molecular complexity index is 296. The number of hydrogen-bond donors (Lipinski definition) is 0. The van der Waals surface area contributed by atoms with Crippen molar-refractivity contribution in [3.63, 3.8) is 0 Å². The quantitative estimate of drug-likeness (QED) is 0.665. The van der Waals surface area contributed by atoms with Gasteiger partial charge in [-0.1, -0.05) is 13.8 Å². The van der Waals surface area contributed by atoms with Crippen LogP contribution in [-0.2, 0) is 18.3 Å². The van der Waals surface area contributed by atoms with Crippen LogP contribution in [0.25, 0.3) is 0 Å². The van der Waals surface area contributed by atoms with E-state index in [4.69, 9.17) is 13.8 Å². The van der Waals surface area contributed by atoms with Gasteiger partial charge in [0.05, 0.1) is 18.8 Å². The van der Waals surface area contributed by atoms with Crippen molar-refractivity contribution in [3.05, 3.63) is 0 Å². The maximum Gasteiger partial charge on any atom is 0.389 e. The first-order valence-corrected chi connectivity index (χ1v) is 9.85. The molecule has 0 aromatic carbocycles. The van der Waals surface area contributed by atoms with Gasteiger partial charge in [0.1, 0.15) is 0 Å². The zero-order valence-electron chi connectivity index (χ0n) is 11.9. The summed E-state index contributed by atoms with van der Waals surface area (Å²) < 4.78 is 28.9. The van der Waals surface area contributed by atoms with Crippen molar-refractivity contribution < 1.29 is 18.3 Å². The monoisotopic (exact) mass is 296 g/mol. The van der Waals surface area contributed by atoms with Crippen molar-refractivity contribution in [1.29, 1.82) is 0 Å². The smallest absolute Gasteiger partial charge is 0.375 e. The van der Waals surface area contributed by atoms with Crippen LogP contribution in [0.4, 0.5) is 0 Å². The summed E-state index contributed by atoms with van der Waals surface area (Å²) in [6.45, 7) is 6.18. The van der Waals surface area contributed by atoms with Crippen molar-refractivity contribution in [1.82, 2.24) is 0 Å². The maximum absolute atomic E-state index is 12.3. The van der Waals surface area contributed by atoms with Crippen molar-refractivity contribution in [3.8, 4) is 0 Å². The van der Waals surface area contributed by atoms with Crippen molar-refractivity contribution in [2.75, 3.05) is 19.5 Å². The predicted molar refractivity (Wildman–Crippen MR) is 76.0 cm³/mol. The van der Waals surface area contributed by atoms with Crippen LogP contribution in [0.15, 0.2) is 0 Å². The summed E-state index contributed by atoms with van der Waals surface area (Å²) in [5.74, 6) is 1.04. The highest BCUT2D eigenvalue weighted by molar-refractivity contribution is 8.54. The van der Waals surface area contributed by atoms with Gasteiger partial charge in [-0.15, -0.1) is 0 Å². The van der Waals surface area contributed by atoms with Gasteiger partial charge in [-0.3, -0.25) is 9.05 Å². The van der Waals surface area contributed by atoms with Crippen LogP contribution in [0.3, 0.4) is 0 Å². The SMILES string of the molecule is CSP(=O)(OCC1OCCC1C(C)C)OC(C)C. The molecule has 1 aliphatic heterocycles. The Morgan fingerprint density at radius 3 is 2.56 bits per heavy atom. The Morgan fingerprint density at radius 2 is 2.06 bits per heavy atom. The Hall–Kier alpha value is 0.460. The van der Waals surface area contributed by atoms with Crippen molar-refractivity contribution >= 4 is 18.2 Å². The molecule has 108 valence electrons. The number of hydrogen-bond acceptors (Lipinski definition) is 5. The third-order valence-electron chi connectivity index (χ3n) is 3.08. The molecule has 1 rings (SSSR count). The molecular weight excluding hydrogens is 271 g/mol. The molecule has 0 radical (unpaired) electrons. The predicted octanol–water partition coefficient (Wildman–Crippen LogP) is 3.96. The fourth-order valence-electron chi connectivity index (χ4n) is 2.15. The Morgan fingerprint density at radius 1 is 1.39 bits per heavy atom. The first-order valence-electron chi connectivity index (χ1n) is 6.48. The second kappa shape index (κ2) is 7.30. The fourth-order valence-corrected chi connectivity index (χ4v) is 4.52. The fraction of sp³-hybridized carbons (Fsp3) is 1.00. The van der Waals surface area contributed by atoms with Crippen LogP contribution in [-0.4, -0.2) is 31.7 Å². The lowest BCUT2D eigenvalue weighted by Gasteiger charge is -2.24. The minimum Gasteiger partial charge on any atom is -0.375 e. The highest BCUT2D eigenvalue weighted by Crippen LogP contribution is 2.60. The minimum absolute atomic E-state index is 0.0428. The van der Waals surface area contributed by atoms with Crippen LogP contribution in [0.1, 0.15) is 34.1 Å². The van der Waals surface area contributed by atoms with Crippen molar-refractivity contribution in [2.45, 2.75) is 46.3 Å². The second-order valence-corrected chi connectivity index (χ2v) is 9.35. The first kappa shape index (κ1) is 16.5. The van der Waals surface area contributed by atoms with E-state index in [1.54, 1.807) is 6.26 Å². The standard InChI is InChI=1S/C12H25O4PS/c1-9(2)11-6-7-14-12(11)8-15-17(13,18-5)16-10(3)4/h9-12H,6-8H2,1-5H3. The van der Waals surface area contributed by atoms with Gasteiger partial charge < -0.3 is 4.74 Å². The normalized spacial score (nSPS) is 27.9. The molecule has 18 heavy (non-hydrogen) atoms. The van der Waals surface area contributed by atoms with Gasteiger partial charge in [0.2, 0.25) is 0 Å². The summed E-state index contributed by atoms with van der Waals surface area (Å²) >= 11 is 1.15. The highest BCUT2D eigenvalue weighted by atomic mass is 32.7. The number of ether oxygens (including phenoxy) is 1. The Kier molecular flexibility index (Phi) is 6.70. The summed E-state index contributed by atoms with van der Waals surface area (Å²) in [5.41, 5.74) is 0. The number of rotatable bonds is 7. The van der Waals surface area contributed by atoms with E-state index in [0.29, 0.717) is 18.4 Å². The second-order valence-electron chi connectivity index (χ2n) is 5.19. The summed E-state index contributed by atoms with van der Waals surface area (Å²) in [6.07, 6.45) is 2.74. The van der Waals surface area contributed by atoms with Gasteiger partial charge in [0.15, 0.2) is 0 Å². The molecule has 0 aliphatic carbocycles. The largest absolute Gasteiger partial charge is 0.389 e. The minimum atomic E-state index is -3.03. The zero-order chi connectivity index (χ0) is 13.8. The lowest BCUT2D eigenvalue weighted by atomic mass is 9.90. The third-order valence-corrected chi connectivity index (χ3v) is 6.59. The van der Waals surface area contributed by atoms with E-state index in [1.807, 2.05) is 13.8 Å². The average molecular weight is 296 g/mol. The van der Waals surface area contributed by atoms with E-state index in [1.165, 1.54) is 0 Å². The zero-order valence-corrected chi connectivity index (χ0v) is 13.6. The molecule has 1 saturated heterocycles. The van der Waals surface area contributed by atoms with E-state index in [2.05, 4.69) is 13.8 Å². The topological polar surface area (TPSA) is 44.8 Å². The molecule has 0 aromatic heterocycles. The van der Waals surface area contributed by atoms with Gasteiger partial charge in [0.25, 0.3) is 0 Å². The molecule has 4 nitrogen and oxygen atoms in total. The van der Waals surface area contributed by atoms with E-state index in [9.17, 15) is 4.57 Å². The van der Waals surface area contributed by atoms with Gasteiger partial charge in [-0.05, 0) is 49.7 Å². The van der Waals surface area contributed by atoms with E-state index in [-0.39, 0.29) is 12.2 Å². The molecule has 1 aliphatic rings. The van der Waals surface area contributed by atoms with Gasteiger partial charge >= 0.3 is 6.80 Å². The molecule has 0 N–H and O–H groups in total. The molecule has 0 bridgehead atoms. The molecule has 0 amide bonds. The summed E-state index contributed by atoms with van der Waals surface area (Å²) in [6, 6.07) is 0. The molecule has 0 spiro atoms. The summed E-state index contributed by atoms with van der Waals surface area (Å²) in [7, 11) is 0. The molecule has 3 atom stereocenters. The van der Waals surface area contributed by atoms with Crippen LogP contribution < -0.4 is 0 Å². The van der Waals surface area contributed by atoms with E-state index < -0.39 is 6.80 Å². The third kappa shape index (κ3) is 4.86. The molecule has 1 heterocycles. The average Bonchev–Trinajstić information content (AvgIpc) is 2.74. The van der Waals surface area contributed by atoms with Crippen molar-refractivity contribution in [2.24, 2.45) is 11.8 Å². The molecule has 3 unspecified atom stereocenters. The molecule has 0 aromatic rings. The first-order chi connectivity index (χ1) is 8.38. The van der Waals surface area contributed by atoms with Gasteiger partial charge in [0, 0.05) is 6.61 Å². The Labute approximate surface area is 114 Å². The van der Waals surface area contributed by atoms with Gasteiger partial charge in [-0.2, -0.15) is 0 Å². The van der Waals surface area contributed by atoms with Gasteiger partial charge in [-0.25, -0.2) is 4.57 Å². The maximum atomic E-state index is 12.3. The molecule has 6 heteroatoms. The lowest BCUT2D eigenvalue weighted by Crippen LogP contribution is -2.25. The molecular formula is C12H25O4PS.